The van der Waals surface area contributed by atoms with E-state index in [1.807, 2.05) is 54.6 Å². The number of carbonyl (C=O) groups excluding carboxylic acids is 2. The number of ether oxygens (including phenoxy) is 2. The minimum Gasteiger partial charge on any atom is -0.459 e. The van der Waals surface area contributed by atoms with Gasteiger partial charge in [0.15, 0.2) is 0 Å². The standard InChI is InChI=1S/C40H48N2O4/c1-37(2)21-30(22-38(3,4)41-37)45-35(43)29-18-16-26-19-28(17-15-27(26)20-29)32-13-9-11-25-12-10-14-33(34(25)32)36(44)46-31-23-39(5,6)42-40(7,8)24-31/h9-20,30-31,41-42H,21-24H2,1-8H3. The van der Waals surface area contributed by atoms with Crippen LogP contribution in [0.2, 0.25) is 0 Å². The summed E-state index contributed by atoms with van der Waals surface area (Å²) in [5.74, 6) is -0.580. The van der Waals surface area contributed by atoms with Crippen LogP contribution >= 0.6 is 0 Å². The molecule has 0 spiro atoms. The normalized spacial score (nSPS) is 20.8. The maximum absolute atomic E-state index is 13.8. The fourth-order valence-electron chi connectivity index (χ4n) is 8.35. The summed E-state index contributed by atoms with van der Waals surface area (Å²) in [6, 6.07) is 23.9. The molecule has 0 aromatic heterocycles. The van der Waals surface area contributed by atoms with E-state index in [0.717, 1.165) is 58.4 Å². The Bertz CT molecular complexity index is 1780. The first-order valence-electron chi connectivity index (χ1n) is 16.5. The fraction of sp³-hybridized carbons (Fsp3) is 0.450. The molecule has 2 heterocycles. The Morgan fingerprint density at radius 1 is 0.587 bits per heavy atom. The Morgan fingerprint density at radius 3 is 1.67 bits per heavy atom. The van der Waals surface area contributed by atoms with E-state index in [9.17, 15) is 9.59 Å². The van der Waals surface area contributed by atoms with Gasteiger partial charge in [-0.25, -0.2) is 9.59 Å². The first-order chi connectivity index (χ1) is 21.5. The molecule has 6 nitrogen and oxygen atoms in total. The highest BCUT2D eigenvalue weighted by molar-refractivity contribution is 6.11. The summed E-state index contributed by atoms with van der Waals surface area (Å²) < 4.78 is 12.2. The molecular formula is C40H48N2O4. The molecule has 0 bridgehead atoms. The van der Waals surface area contributed by atoms with Crippen LogP contribution in [-0.2, 0) is 9.47 Å². The third-order valence-electron chi connectivity index (χ3n) is 9.36. The van der Waals surface area contributed by atoms with Crippen molar-refractivity contribution in [3.05, 3.63) is 83.9 Å². The molecule has 0 amide bonds. The number of carbonyl (C=O) groups is 2. The molecule has 46 heavy (non-hydrogen) atoms. The molecule has 0 atom stereocenters. The largest absolute Gasteiger partial charge is 0.459 e. The Hall–Kier alpha value is -3.74. The molecule has 2 aliphatic heterocycles. The van der Waals surface area contributed by atoms with Gasteiger partial charge < -0.3 is 20.1 Å². The van der Waals surface area contributed by atoms with Gasteiger partial charge in [-0.1, -0.05) is 48.5 Å². The van der Waals surface area contributed by atoms with E-state index in [4.69, 9.17) is 9.47 Å². The number of hydrogen-bond donors (Lipinski definition) is 2. The summed E-state index contributed by atoms with van der Waals surface area (Å²) in [7, 11) is 0. The van der Waals surface area contributed by atoms with Crippen molar-refractivity contribution in [1.29, 1.82) is 0 Å². The van der Waals surface area contributed by atoms with Crippen LogP contribution in [0.4, 0.5) is 0 Å². The van der Waals surface area contributed by atoms with Crippen LogP contribution in [0.5, 0.6) is 0 Å². The van der Waals surface area contributed by atoms with Crippen molar-refractivity contribution in [2.45, 2.75) is 115 Å². The van der Waals surface area contributed by atoms with Crippen molar-refractivity contribution in [3.63, 3.8) is 0 Å². The molecule has 0 aliphatic carbocycles. The molecule has 2 aliphatic rings. The lowest BCUT2D eigenvalue weighted by Crippen LogP contribution is -2.59. The SMILES string of the molecule is CC1(C)CC(OC(=O)c2ccc3cc(-c4cccc5cccc(C(=O)OC6CC(C)(C)NC(C)(C)C6)c45)ccc3c2)CC(C)(C)N1. The molecule has 2 saturated heterocycles. The number of benzene rings is 4. The quantitative estimate of drug-likeness (QED) is 0.218. The lowest BCUT2D eigenvalue weighted by molar-refractivity contribution is -0.00756. The lowest BCUT2D eigenvalue weighted by atomic mass is 9.81. The minimum atomic E-state index is -0.291. The van der Waals surface area contributed by atoms with Gasteiger partial charge in [0.2, 0.25) is 0 Å². The van der Waals surface area contributed by atoms with Gasteiger partial charge >= 0.3 is 11.9 Å². The number of hydrogen-bond acceptors (Lipinski definition) is 6. The predicted molar refractivity (Wildman–Crippen MR) is 186 cm³/mol. The van der Waals surface area contributed by atoms with Crippen molar-refractivity contribution in [1.82, 2.24) is 10.6 Å². The van der Waals surface area contributed by atoms with Crippen LogP contribution in [0.3, 0.4) is 0 Å². The average Bonchev–Trinajstić information content (AvgIpc) is 2.92. The molecule has 6 heteroatoms. The fourth-order valence-corrected chi connectivity index (χ4v) is 8.35. The van der Waals surface area contributed by atoms with Crippen LogP contribution < -0.4 is 10.6 Å². The number of nitrogens with one attached hydrogen (secondary N) is 2. The Labute approximate surface area is 273 Å². The topological polar surface area (TPSA) is 76.7 Å². The van der Waals surface area contributed by atoms with E-state index in [1.165, 1.54) is 0 Å². The van der Waals surface area contributed by atoms with Crippen LogP contribution in [0.25, 0.3) is 32.7 Å². The lowest BCUT2D eigenvalue weighted by Gasteiger charge is -2.45. The second kappa shape index (κ2) is 11.5. The summed E-state index contributed by atoms with van der Waals surface area (Å²) in [6.07, 6.45) is 2.75. The Balaban J connectivity index is 1.27. The molecule has 2 N–H and O–H groups in total. The highest BCUT2D eigenvalue weighted by atomic mass is 16.5. The van der Waals surface area contributed by atoms with E-state index in [-0.39, 0.29) is 46.3 Å². The minimum absolute atomic E-state index is 0.105. The van der Waals surface area contributed by atoms with Gasteiger partial charge in [0, 0.05) is 53.2 Å². The summed E-state index contributed by atoms with van der Waals surface area (Å²) in [5.41, 5.74) is 2.63. The first kappa shape index (κ1) is 32.2. The molecule has 2 fully saturated rings. The zero-order valence-corrected chi connectivity index (χ0v) is 28.5. The van der Waals surface area contributed by atoms with E-state index in [2.05, 4.69) is 84.2 Å². The maximum atomic E-state index is 13.8. The Kier molecular flexibility index (Phi) is 8.05. The van der Waals surface area contributed by atoms with E-state index in [0.29, 0.717) is 11.1 Å². The second-order valence-corrected chi connectivity index (χ2v) is 16.1. The van der Waals surface area contributed by atoms with E-state index < -0.39 is 0 Å². The molecule has 0 radical (unpaired) electrons. The number of piperidine rings is 2. The number of esters is 2. The summed E-state index contributed by atoms with van der Waals surface area (Å²) in [5, 5.41) is 11.1. The molecular weight excluding hydrogens is 572 g/mol. The highest BCUT2D eigenvalue weighted by Gasteiger charge is 2.40. The molecule has 242 valence electrons. The summed E-state index contributed by atoms with van der Waals surface area (Å²) in [4.78, 5) is 27.0. The van der Waals surface area contributed by atoms with Crippen LogP contribution in [0, 0.1) is 0 Å². The molecule has 6 rings (SSSR count). The van der Waals surface area contributed by atoms with Gasteiger partial charge in [0.1, 0.15) is 12.2 Å². The Morgan fingerprint density at radius 2 is 1.09 bits per heavy atom. The second-order valence-electron chi connectivity index (χ2n) is 16.1. The van der Waals surface area contributed by atoms with Gasteiger partial charge in [-0.15, -0.1) is 0 Å². The van der Waals surface area contributed by atoms with Gasteiger partial charge in [0.25, 0.3) is 0 Å². The van der Waals surface area contributed by atoms with Crippen LogP contribution in [0.1, 0.15) is 102 Å². The monoisotopic (exact) mass is 620 g/mol. The van der Waals surface area contributed by atoms with Gasteiger partial charge in [0.05, 0.1) is 11.1 Å². The zero-order valence-electron chi connectivity index (χ0n) is 28.5. The molecule has 4 aromatic carbocycles. The smallest absolute Gasteiger partial charge is 0.339 e. The zero-order chi connectivity index (χ0) is 33.1. The third-order valence-corrected chi connectivity index (χ3v) is 9.36. The highest BCUT2D eigenvalue weighted by Crippen LogP contribution is 2.36. The summed E-state index contributed by atoms with van der Waals surface area (Å²) in [6.45, 7) is 17.2. The predicted octanol–water partition coefficient (Wildman–Crippen LogP) is 8.59. The first-order valence-corrected chi connectivity index (χ1v) is 16.5. The van der Waals surface area contributed by atoms with Gasteiger partial charge in [-0.3, -0.25) is 0 Å². The van der Waals surface area contributed by atoms with E-state index in [1.54, 1.807) is 0 Å². The van der Waals surface area contributed by atoms with Gasteiger partial charge in [-0.2, -0.15) is 0 Å². The third kappa shape index (κ3) is 6.98. The van der Waals surface area contributed by atoms with Crippen LogP contribution in [-0.4, -0.2) is 46.3 Å². The summed E-state index contributed by atoms with van der Waals surface area (Å²) >= 11 is 0. The van der Waals surface area contributed by atoms with Crippen molar-refractivity contribution in [3.8, 4) is 11.1 Å². The van der Waals surface area contributed by atoms with Crippen LogP contribution in [0.15, 0.2) is 72.8 Å². The van der Waals surface area contributed by atoms with Crippen molar-refractivity contribution >= 4 is 33.5 Å². The molecule has 4 aromatic rings. The molecule has 0 saturated carbocycles. The van der Waals surface area contributed by atoms with E-state index >= 15 is 0 Å². The van der Waals surface area contributed by atoms with Crippen molar-refractivity contribution < 1.29 is 19.1 Å². The van der Waals surface area contributed by atoms with Crippen molar-refractivity contribution in [2.24, 2.45) is 0 Å². The molecule has 0 unspecified atom stereocenters. The van der Waals surface area contributed by atoms with Gasteiger partial charge in [-0.05, 0) is 107 Å². The maximum Gasteiger partial charge on any atom is 0.339 e. The average molecular weight is 621 g/mol. The number of fused-ring (bicyclic) bond motifs is 2. The van der Waals surface area contributed by atoms with Crippen molar-refractivity contribution in [2.75, 3.05) is 0 Å². The number of rotatable bonds is 5.